The average Bonchev–Trinajstić information content (AvgIpc) is 0.811. The van der Waals surface area contributed by atoms with E-state index in [0.717, 1.165) is 0 Å². The van der Waals surface area contributed by atoms with E-state index < -0.39 is 8.60 Å². The molecule has 0 aliphatic heterocycles. The minimum atomic E-state index is -2.62. The Morgan fingerprint density at radius 3 is 0.857 bits per heavy atom. The fourth-order valence-corrected chi connectivity index (χ4v) is 0. The van der Waals surface area contributed by atoms with Crippen molar-refractivity contribution in [1.82, 2.24) is 0 Å². The predicted octanol–water partition coefficient (Wildman–Crippen LogP) is -1.05. The standard InChI is InChI=1S/H3O3P.2O.Ti/c1-4(2)3;;;/h1-3H;;;/q;2*-2;+4. The van der Waals surface area contributed by atoms with Crippen molar-refractivity contribution >= 4 is 8.60 Å². The van der Waals surface area contributed by atoms with Crippen molar-refractivity contribution in [3.8, 4) is 0 Å². The summed E-state index contributed by atoms with van der Waals surface area (Å²) in [6, 6.07) is 0. The van der Waals surface area contributed by atoms with Crippen molar-refractivity contribution in [2.24, 2.45) is 0 Å². The Hall–Kier alpha value is 0.944. The van der Waals surface area contributed by atoms with Crippen molar-refractivity contribution in [1.29, 1.82) is 0 Å². The second-order valence-electron chi connectivity index (χ2n) is 0.268. The molecule has 0 aromatic rings. The van der Waals surface area contributed by atoms with Crippen LogP contribution in [0.3, 0.4) is 0 Å². The van der Waals surface area contributed by atoms with Gasteiger partial charge in [0.2, 0.25) is 0 Å². The molecule has 42 valence electrons. The predicted molar refractivity (Wildman–Crippen MR) is 14.9 cm³/mol. The van der Waals surface area contributed by atoms with Crippen LogP contribution < -0.4 is 0 Å². The molecular formula is H3O5PTi. The van der Waals surface area contributed by atoms with Gasteiger partial charge in [-0.05, 0) is 0 Å². The zero-order valence-electron chi connectivity index (χ0n) is 3.11. The molecule has 7 heteroatoms. The average molecular weight is 162 g/mol. The molecule has 0 aromatic carbocycles. The molecule has 0 saturated carbocycles. The van der Waals surface area contributed by atoms with Crippen molar-refractivity contribution in [3.63, 3.8) is 0 Å². The van der Waals surface area contributed by atoms with Gasteiger partial charge in [-0.25, -0.2) is 0 Å². The Kier molecular flexibility index (Phi) is 55.5. The number of hydrogen-bond donors (Lipinski definition) is 3. The van der Waals surface area contributed by atoms with Gasteiger partial charge >= 0.3 is 30.3 Å². The second kappa shape index (κ2) is 15.8. The Labute approximate surface area is 56.5 Å². The van der Waals surface area contributed by atoms with Gasteiger partial charge in [-0.3, -0.25) is 0 Å². The molecule has 0 spiro atoms. The Morgan fingerprint density at radius 2 is 0.857 bits per heavy atom. The summed E-state index contributed by atoms with van der Waals surface area (Å²) >= 11 is 0. The third-order valence-electron chi connectivity index (χ3n) is 0. The first kappa shape index (κ1) is 24.6. The molecule has 5 nitrogen and oxygen atoms in total. The second-order valence-corrected chi connectivity index (χ2v) is 0.805. The Morgan fingerprint density at radius 1 is 0.857 bits per heavy atom. The zero-order chi connectivity index (χ0) is 3.58. The van der Waals surface area contributed by atoms with Crippen LogP contribution >= 0.6 is 8.60 Å². The van der Waals surface area contributed by atoms with Gasteiger partial charge in [0, 0.05) is 0 Å². The molecule has 3 N–H and O–H groups in total. The minimum absolute atomic E-state index is 0. The summed E-state index contributed by atoms with van der Waals surface area (Å²) in [5.41, 5.74) is 0. The van der Waals surface area contributed by atoms with Crippen LogP contribution in [-0.2, 0) is 32.7 Å². The maximum absolute atomic E-state index is 7.23. The van der Waals surface area contributed by atoms with E-state index in [2.05, 4.69) is 0 Å². The topological polar surface area (TPSA) is 118 Å². The maximum atomic E-state index is 7.23. The molecule has 0 radical (unpaired) electrons. The summed E-state index contributed by atoms with van der Waals surface area (Å²) in [6.45, 7) is 0. The molecule has 0 atom stereocenters. The summed E-state index contributed by atoms with van der Waals surface area (Å²) in [5.74, 6) is 0. The van der Waals surface area contributed by atoms with Gasteiger partial charge in [-0.15, -0.1) is 0 Å². The first-order valence-electron chi connectivity index (χ1n) is 0.600. The van der Waals surface area contributed by atoms with Crippen LogP contribution in [-0.4, -0.2) is 14.7 Å². The van der Waals surface area contributed by atoms with Crippen LogP contribution in [0.1, 0.15) is 0 Å². The fraction of sp³-hybridized carbons (Fsp3) is 0. The molecule has 0 rings (SSSR count). The first-order valence-corrected chi connectivity index (χ1v) is 1.80. The molecule has 7 heavy (non-hydrogen) atoms. The van der Waals surface area contributed by atoms with Crippen molar-refractivity contribution in [3.05, 3.63) is 0 Å². The van der Waals surface area contributed by atoms with Gasteiger partial charge in [-0.1, -0.05) is 0 Å². The number of rotatable bonds is 0. The quantitative estimate of drug-likeness (QED) is 0.311. The van der Waals surface area contributed by atoms with Crippen molar-refractivity contribution in [2.75, 3.05) is 0 Å². The third kappa shape index (κ3) is 190. The molecule has 0 aromatic heterocycles. The van der Waals surface area contributed by atoms with Gasteiger partial charge < -0.3 is 25.6 Å². The van der Waals surface area contributed by atoms with E-state index in [-0.39, 0.29) is 32.7 Å². The fourth-order valence-electron chi connectivity index (χ4n) is 0. The smallest absolute Gasteiger partial charge is 2.00 e. The molecule has 0 fully saturated rings. The minimum Gasteiger partial charge on any atom is -2.00 e. The normalized spacial score (nSPS) is 5.14. The van der Waals surface area contributed by atoms with Gasteiger partial charge in [0.1, 0.15) is 0 Å². The molecule has 0 aliphatic rings. The van der Waals surface area contributed by atoms with Crippen LogP contribution in [0.15, 0.2) is 0 Å². The Balaban J connectivity index is -0.0000000150. The molecule has 0 bridgehead atoms. The molecular weight excluding hydrogens is 159 g/mol. The molecule has 0 aliphatic carbocycles. The molecule has 0 saturated heterocycles. The van der Waals surface area contributed by atoms with Gasteiger partial charge in [-0.2, -0.15) is 0 Å². The van der Waals surface area contributed by atoms with Crippen LogP contribution in [0.2, 0.25) is 0 Å². The molecule has 0 amide bonds. The third-order valence-corrected chi connectivity index (χ3v) is 0. The summed E-state index contributed by atoms with van der Waals surface area (Å²) in [7, 11) is -2.62. The SMILES string of the molecule is OP(O)O.[O-2].[O-2].[Ti+4]. The van der Waals surface area contributed by atoms with Gasteiger partial charge in [0.05, 0.1) is 0 Å². The van der Waals surface area contributed by atoms with Crippen LogP contribution in [0, 0.1) is 0 Å². The van der Waals surface area contributed by atoms with E-state index in [1.54, 1.807) is 0 Å². The van der Waals surface area contributed by atoms with Crippen LogP contribution in [0.25, 0.3) is 0 Å². The number of hydrogen-bond acceptors (Lipinski definition) is 3. The Bertz CT molecular complexity index is 12.8. The summed E-state index contributed by atoms with van der Waals surface area (Å²) in [6.07, 6.45) is 0. The van der Waals surface area contributed by atoms with E-state index in [0.29, 0.717) is 0 Å². The zero-order valence-corrected chi connectivity index (χ0v) is 5.56. The monoisotopic (exact) mass is 162 g/mol. The van der Waals surface area contributed by atoms with Crippen LogP contribution in [0.4, 0.5) is 0 Å². The van der Waals surface area contributed by atoms with E-state index in [4.69, 9.17) is 14.7 Å². The van der Waals surface area contributed by atoms with E-state index in [1.165, 1.54) is 0 Å². The summed E-state index contributed by atoms with van der Waals surface area (Å²) in [4.78, 5) is 21.7. The van der Waals surface area contributed by atoms with Crippen LogP contribution in [0.5, 0.6) is 0 Å². The molecule has 0 heterocycles. The van der Waals surface area contributed by atoms with E-state index >= 15 is 0 Å². The van der Waals surface area contributed by atoms with E-state index in [1.807, 2.05) is 0 Å². The summed E-state index contributed by atoms with van der Waals surface area (Å²) < 4.78 is 0. The van der Waals surface area contributed by atoms with Gasteiger partial charge in [0.15, 0.2) is 0 Å². The maximum Gasteiger partial charge on any atom is 4.00 e. The first-order chi connectivity index (χ1) is 1.73. The van der Waals surface area contributed by atoms with Crippen molar-refractivity contribution < 1.29 is 47.4 Å². The van der Waals surface area contributed by atoms with E-state index in [9.17, 15) is 0 Å². The molecule has 0 unspecified atom stereocenters. The van der Waals surface area contributed by atoms with Crippen molar-refractivity contribution in [2.45, 2.75) is 0 Å². The largest absolute Gasteiger partial charge is 4.00 e. The summed E-state index contributed by atoms with van der Waals surface area (Å²) in [5, 5.41) is 0. The van der Waals surface area contributed by atoms with Gasteiger partial charge in [0.25, 0.3) is 0 Å².